The standard InChI is InChI=1S/C28H46FN3O7S2/c1-5-28(19-21-10-14-31(15-11-21)40(3,35)36,23-12-16-32(41(4,37)38)26(18-23)39-2)20-25(13-17-33)30-27(34)22-6-8-24(29)9-7-22/h6-9,21,23,25-26,33H,5,10-20H2,1-4H3,(H,30,34). The SMILES string of the molecule is CCC(CC1CCN(S(C)(=O)=O)CC1)(CC(CCO)NC(=O)c1ccc(F)cc1)C1CCN(S(C)(=O)=O)C(OC)C1. The summed E-state index contributed by atoms with van der Waals surface area (Å²) in [5.41, 5.74) is -0.000656. The molecule has 4 unspecified atom stereocenters. The fraction of sp³-hybridized carbons (Fsp3) is 0.750. The minimum atomic E-state index is -3.46. The van der Waals surface area contributed by atoms with E-state index in [2.05, 4.69) is 12.2 Å². The summed E-state index contributed by atoms with van der Waals surface area (Å²) in [5, 5.41) is 13.0. The summed E-state index contributed by atoms with van der Waals surface area (Å²) in [6.45, 7) is 3.21. The summed E-state index contributed by atoms with van der Waals surface area (Å²) in [6, 6.07) is 4.94. The van der Waals surface area contributed by atoms with Crippen LogP contribution in [-0.4, -0.2) is 94.6 Å². The Morgan fingerprint density at radius 1 is 1.10 bits per heavy atom. The molecule has 1 aromatic rings. The molecule has 4 atom stereocenters. The maximum atomic E-state index is 13.4. The molecule has 0 aliphatic carbocycles. The number of methoxy groups -OCH3 is 1. The van der Waals surface area contributed by atoms with E-state index >= 15 is 0 Å². The quantitative estimate of drug-likeness (QED) is 0.347. The van der Waals surface area contributed by atoms with Crippen molar-refractivity contribution in [1.82, 2.24) is 13.9 Å². The van der Waals surface area contributed by atoms with Crippen LogP contribution in [0.5, 0.6) is 0 Å². The molecule has 2 aliphatic rings. The maximum absolute atomic E-state index is 13.4. The highest BCUT2D eigenvalue weighted by molar-refractivity contribution is 7.88. The third-order valence-electron chi connectivity index (χ3n) is 9.08. The summed E-state index contributed by atoms with van der Waals surface area (Å²) in [5.74, 6) is -0.457. The number of aliphatic hydroxyl groups is 1. The number of nitrogens with zero attached hydrogens (tertiary/aromatic N) is 2. The third kappa shape index (κ3) is 8.93. The molecule has 234 valence electrons. The molecule has 10 nitrogen and oxygen atoms in total. The largest absolute Gasteiger partial charge is 0.396 e. The molecule has 0 aromatic heterocycles. The van der Waals surface area contributed by atoms with Gasteiger partial charge in [-0.3, -0.25) is 4.79 Å². The van der Waals surface area contributed by atoms with Gasteiger partial charge in [-0.1, -0.05) is 13.3 Å². The van der Waals surface area contributed by atoms with Crippen molar-refractivity contribution in [3.8, 4) is 0 Å². The van der Waals surface area contributed by atoms with Gasteiger partial charge in [0.1, 0.15) is 12.0 Å². The molecule has 1 amide bonds. The molecule has 0 radical (unpaired) electrons. The van der Waals surface area contributed by atoms with Gasteiger partial charge in [-0.05, 0) is 86.5 Å². The molecule has 2 heterocycles. The first-order valence-electron chi connectivity index (χ1n) is 14.3. The van der Waals surface area contributed by atoms with Crippen molar-refractivity contribution in [3.63, 3.8) is 0 Å². The lowest BCUT2D eigenvalue weighted by atomic mass is 9.61. The number of ether oxygens (including phenoxy) is 1. The Balaban J connectivity index is 1.89. The number of carbonyl (C=O) groups excluding carboxylic acids is 1. The molecule has 2 fully saturated rings. The molecule has 0 spiro atoms. The monoisotopic (exact) mass is 619 g/mol. The number of amides is 1. The Hall–Kier alpha value is -1.64. The number of halogens is 1. The van der Waals surface area contributed by atoms with Gasteiger partial charge in [0.25, 0.3) is 5.91 Å². The highest BCUT2D eigenvalue weighted by Gasteiger charge is 2.46. The fourth-order valence-electron chi connectivity index (χ4n) is 6.81. The van der Waals surface area contributed by atoms with Crippen molar-refractivity contribution in [1.29, 1.82) is 0 Å². The van der Waals surface area contributed by atoms with Crippen LogP contribution in [0.2, 0.25) is 0 Å². The maximum Gasteiger partial charge on any atom is 0.251 e. The van der Waals surface area contributed by atoms with Crippen molar-refractivity contribution in [2.75, 3.05) is 45.9 Å². The number of piperidine rings is 2. The van der Waals surface area contributed by atoms with E-state index in [1.165, 1.54) is 52.5 Å². The van der Waals surface area contributed by atoms with E-state index in [-0.39, 0.29) is 35.8 Å². The first-order valence-corrected chi connectivity index (χ1v) is 18.0. The van der Waals surface area contributed by atoms with Crippen molar-refractivity contribution in [2.24, 2.45) is 17.3 Å². The zero-order valence-electron chi connectivity index (χ0n) is 24.6. The summed E-state index contributed by atoms with van der Waals surface area (Å²) < 4.78 is 71.1. The van der Waals surface area contributed by atoms with Gasteiger partial charge >= 0.3 is 0 Å². The lowest BCUT2D eigenvalue weighted by Crippen LogP contribution is -2.52. The molecule has 41 heavy (non-hydrogen) atoms. The van der Waals surface area contributed by atoms with Gasteiger partial charge in [0.05, 0.1) is 12.5 Å². The zero-order valence-corrected chi connectivity index (χ0v) is 26.2. The Labute approximate surface area is 244 Å². The van der Waals surface area contributed by atoms with E-state index in [0.717, 1.165) is 25.7 Å². The van der Waals surface area contributed by atoms with E-state index in [0.29, 0.717) is 50.9 Å². The zero-order chi connectivity index (χ0) is 30.4. The van der Waals surface area contributed by atoms with Crippen LogP contribution in [0.25, 0.3) is 0 Å². The number of hydrogen-bond acceptors (Lipinski definition) is 7. The van der Waals surface area contributed by atoms with Crippen LogP contribution >= 0.6 is 0 Å². The van der Waals surface area contributed by atoms with Crippen LogP contribution < -0.4 is 5.32 Å². The molecule has 2 aliphatic heterocycles. The second-order valence-electron chi connectivity index (χ2n) is 11.7. The summed E-state index contributed by atoms with van der Waals surface area (Å²) >= 11 is 0. The van der Waals surface area contributed by atoms with E-state index < -0.39 is 32.1 Å². The highest BCUT2D eigenvalue weighted by Crippen LogP contribution is 2.50. The van der Waals surface area contributed by atoms with Crippen LogP contribution in [0.15, 0.2) is 24.3 Å². The number of benzene rings is 1. The molecule has 0 saturated carbocycles. The first kappa shape index (κ1) is 33.9. The van der Waals surface area contributed by atoms with Crippen LogP contribution in [-0.2, 0) is 24.8 Å². The molecule has 2 saturated heterocycles. The second-order valence-corrected chi connectivity index (χ2v) is 15.6. The third-order valence-corrected chi connectivity index (χ3v) is 11.7. The van der Waals surface area contributed by atoms with Crippen molar-refractivity contribution in [3.05, 3.63) is 35.6 Å². The van der Waals surface area contributed by atoms with Gasteiger partial charge in [-0.15, -0.1) is 0 Å². The van der Waals surface area contributed by atoms with E-state index in [4.69, 9.17) is 4.74 Å². The van der Waals surface area contributed by atoms with Gasteiger partial charge in [0.2, 0.25) is 20.0 Å². The Morgan fingerprint density at radius 3 is 2.24 bits per heavy atom. The smallest absolute Gasteiger partial charge is 0.251 e. The van der Waals surface area contributed by atoms with Crippen LogP contribution in [0.1, 0.15) is 68.6 Å². The molecular formula is C28H46FN3O7S2. The van der Waals surface area contributed by atoms with E-state index in [1.807, 2.05) is 0 Å². The summed E-state index contributed by atoms with van der Waals surface area (Å²) in [7, 11) is -5.21. The predicted octanol–water partition coefficient (Wildman–Crippen LogP) is 2.80. The van der Waals surface area contributed by atoms with E-state index in [1.54, 1.807) is 0 Å². The molecule has 1 aromatic carbocycles. The lowest BCUT2D eigenvalue weighted by molar-refractivity contribution is -0.0653. The number of aliphatic hydroxyl groups excluding tert-OH is 1. The lowest BCUT2D eigenvalue weighted by Gasteiger charge is -2.50. The number of carbonyl (C=O) groups is 1. The van der Waals surface area contributed by atoms with Crippen LogP contribution in [0, 0.1) is 23.1 Å². The average Bonchev–Trinajstić information content (AvgIpc) is 2.92. The summed E-state index contributed by atoms with van der Waals surface area (Å²) in [6.07, 6.45) is 6.81. The molecule has 2 N–H and O–H groups in total. The number of rotatable bonds is 13. The normalized spacial score (nSPS) is 24.0. The minimum absolute atomic E-state index is 0.0762. The number of sulfonamides is 2. The minimum Gasteiger partial charge on any atom is -0.396 e. The van der Waals surface area contributed by atoms with Crippen molar-refractivity contribution < 1.29 is 35.9 Å². The Kier molecular flexibility index (Phi) is 11.7. The first-order chi connectivity index (χ1) is 19.2. The van der Waals surface area contributed by atoms with Crippen molar-refractivity contribution >= 4 is 26.0 Å². The Bertz CT molecular complexity index is 1220. The van der Waals surface area contributed by atoms with Crippen molar-refractivity contribution in [2.45, 2.75) is 70.6 Å². The Morgan fingerprint density at radius 2 is 1.73 bits per heavy atom. The molecule has 0 bridgehead atoms. The van der Waals surface area contributed by atoms with E-state index in [9.17, 15) is 31.1 Å². The number of nitrogens with one attached hydrogen (secondary N) is 1. The topological polar surface area (TPSA) is 133 Å². The molecule has 13 heteroatoms. The van der Waals surface area contributed by atoms with Gasteiger partial charge < -0.3 is 15.2 Å². The predicted molar refractivity (Wildman–Crippen MR) is 156 cm³/mol. The van der Waals surface area contributed by atoms with Gasteiger partial charge in [0.15, 0.2) is 0 Å². The van der Waals surface area contributed by atoms with Crippen LogP contribution in [0.4, 0.5) is 4.39 Å². The fourth-order valence-corrected chi connectivity index (χ4v) is 8.72. The second kappa shape index (κ2) is 14.2. The molecular weight excluding hydrogens is 573 g/mol. The van der Waals surface area contributed by atoms with Gasteiger partial charge in [-0.25, -0.2) is 25.5 Å². The van der Waals surface area contributed by atoms with Gasteiger partial charge in [0, 0.05) is 45.0 Å². The number of hydrogen-bond donors (Lipinski definition) is 2. The summed E-state index contributed by atoms with van der Waals surface area (Å²) in [4.78, 5) is 13.1. The van der Waals surface area contributed by atoms with Gasteiger partial charge in [-0.2, -0.15) is 4.31 Å². The molecule has 3 rings (SSSR count). The van der Waals surface area contributed by atoms with Crippen LogP contribution in [0.3, 0.4) is 0 Å². The highest BCUT2D eigenvalue weighted by atomic mass is 32.2. The average molecular weight is 620 g/mol.